The summed E-state index contributed by atoms with van der Waals surface area (Å²) in [5.74, 6) is 7.28. The highest BCUT2D eigenvalue weighted by Crippen LogP contribution is 2.35. The minimum Gasteiger partial charge on any atom is -0.493 e. The molecule has 0 saturated heterocycles. The van der Waals surface area contributed by atoms with Crippen molar-refractivity contribution in [2.45, 2.75) is 40.2 Å². The molecule has 0 amide bonds. The lowest BCUT2D eigenvalue weighted by atomic mass is 10.0. The largest absolute Gasteiger partial charge is 0.493 e. The van der Waals surface area contributed by atoms with Crippen molar-refractivity contribution in [1.82, 2.24) is 4.98 Å². The number of pyridine rings is 1. The Hall–Kier alpha value is -2.94. The van der Waals surface area contributed by atoms with E-state index in [4.69, 9.17) is 25.9 Å². The van der Waals surface area contributed by atoms with E-state index in [-0.39, 0.29) is 19.0 Å². The van der Waals surface area contributed by atoms with Gasteiger partial charge in [0.25, 0.3) is 0 Å². The summed E-state index contributed by atoms with van der Waals surface area (Å²) in [7, 11) is 1.54. The van der Waals surface area contributed by atoms with E-state index in [1.54, 1.807) is 13.2 Å². The standard InChI is InChI=1S/C24H34N4O4/c1-14(2)7-20-10-19(9-16(4)27-20)24(32-26)28-17(5)18-8-15(3)23(22(11-18)30-6)31-13-21(29)12-25/h8-11,14,21,29H,5,7,12-13,25-26H2,1-4,6H3. The summed E-state index contributed by atoms with van der Waals surface area (Å²) in [5.41, 5.74) is 9.94. The van der Waals surface area contributed by atoms with Crippen molar-refractivity contribution in [3.8, 4) is 11.5 Å². The zero-order chi connectivity index (χ0) is 23.8. The van der Waals surface area contributed by atoms with Gasteiger partial charge in [-0.05, 0) is 56.0 Å². The minimum absolute atomic E-state index is 0.0669. The van der Waals surface area contributed by atoms with Crippen LogP contribution in [0, 0.1) is 19.8 Å². The number of rotatable bonds is 10. The Morgan fingerprint density at radius 3 is 2.50 bits per heavy atom. The summed E-state index contributed by atoms with van der Waals surface area (Å²) in [6.07, 6.45) is 0.0801. The van der Waals surface area contributed by atoms with Crippen molar-refractivity contribution in [3.63, 3.8) is 0 Å². The van der Waals surface area contributed by atoms with Crippen LogP contribution in [-0.4, -0.2) is 42.4 Å². The molecule has 1 unspecified atom stereocenters. The number of aliphatic hydroxyl groups is 1. The van der Waals surface area contributed by atoms with Crippen molar-refractivity contribution >= 4 is 11.6 Å². The van der Waals surface area contributed by atoms with Crippen LogP contribution in [0.25, 0.3) is 5.70 Å². The summed E-state index contributed by atoms with van der Waals surface area (Å²) >= 11 is 0. The van der Waals surface area contributed by atoms with Crippen molar-refractivity contribution in [2.24, 2.45) is 22.5 Å². The van der Waals surface area contributed by atoms with Gasteiger partial charge in [0, 0.05) is 29.1 Å². The van der Waals surface area contributed by atoms with Gasteiger partial charge in [-0.2, -0.15) is 5.90 Å². The quantitative estimate of drug-likeness (QED) is 0.293. The van der Waals surface area contributed by atoms with E-state index in [9.17, 15) is 5.11 Å². The molecule has 0 bridgehead atoms. The van der Waals surface area contributed by atoms with Crippen LogP contribution in [0.5, 0.6) is 11.5 Å². The molecule has 2 aromatic rings. The number of aryl methyl sites for hydroxylation is 2. The second-order valence-electron chi connectivity index (χ2n) is 8.09. The normalized spacial score (nSPS) is 12.6. The molecule has 0 aliphatic carbocycles. The van der Waals surface area contributed by atoms with Crippen molar-refractivity contribution in [2.75, 3.05) is 20.3 Å². The summed E-state index contributed by atoms with van der Waals surface area (Å²) in [4.78, 5) is 14.2. The average Bonchev–Trinajstić information content (AvgIpc) is 2.74. The molecule has 0 spiro atoms. The Balaban J connectivity index is 2.37. The number of nitrogens with zero attached hydrogens (tertiary/aromatic N) is 2. The van der Waals surface area contributed by atoms with E-state index < -0.39 is 6.10 Å². The Bertz CT molecular complexity index is 973. The van der Waals surface area contributed by atoms with E-state index in [0.29, 0.717) is 28.7 Å². The third kappa shape index (κ3) is 6.78. The first-order chi connectivity index (χ1) is 15.2. The Morgan fingerprint density at radius 1 is 1.19 bits per heavy atom. The maximum Gasteiger partial charge on any atom is 0.245 e. The second kappa shape index (κ2) is 11.6. The van der Waals surface area contributed by atoms with Gasteiger partial charge in [-0.25, -0.2) is 4.99 Å². The summed E-state index contributed by atoms with van der Waals surface area (Å²) in [6, 6.07) is 7.43. The fourth-order valence-corrected chi connectivity index (χ4v) is 3.22. The topological polar surface area (TPSA) is 125 Å². The van der Waals surface area contributed by atoms with Crippen molar-refractivity contribution in [3.05, 3.63) is 58.9 Å². The minimum atomic E-state index is -0.757. The van der Waals surface area contributed by atoms with Crippen LogP contribution < -0.4 is 21.1 Å². The lowest BCUT2D eigenvalue weighted by Gasteiger charge is -2.17. The highest BCUT2D eigenvalue weighted by Gasteiger charge is 2.15. The molecule has 1 heterocycles. The molecule has 8 nitrogen and oxygen atoms in total. The summed E-state index contributed by atoms with van der Waals surface area (Å²) < 4.78 is 11.2. The van der Waals surface area contributed by atoms with Crippen LogP contribution in [-0.2, 0) is 11.3 Å². The number of aromatic nitrogens is 1. The van der Waals surface area contributed by atoms with Gasteiger partial charge >= 0.3 is 0 Å². The van der Waals surface area contributed by atoms with Crippen molar-refractivity contribution in [1.29, 1.82) is 0 Å². The third-order valence-electron chi connectivity index (χ3n) is 4.70. The smallest absolute Gasteiger partial charge is 0.245 e. The zero-order valence-corrected chi connectivity index (χ0v) is 19.5. The van der Waals surface area contributed by atoms with E-state index in [0.717, 1.165) is 28.9 Å². The fourth-order valence-electron chi connectivity index (χ4n) is 3.22. The molecular formula is C24H34N4O4. The SMILES string of the molecule is C=C(N=C(ON)c1cc(C)nc(CC(C)C)c1)c1cc(C)c(OCC(O)CN)c(OC)c1. The fraction of sp³-hybridized carbons (Fsp3) is 0.417. The number of aliphatic hydroxyl groups excluding tert-OH is 1. The van der Waals surface area contributed by atoms with Gasteiger partial charge in [0.15, 0.2) is 11.5 Å². The second-order valence-corrected chi connectivity index (χ2v) is 8.09. The molecule has 1 aromatic heterocycles. The molecule has 1 aromatic carbocycles. The molecule has 0 radical (unpaired) electrons. The van der Waals surface area contributed by atoms with Crippen LogP contribution >= 0.6 is 0 Å². The maximum atomic E-state index is 9.69. The Labute approximate surface area is 189 Å². The van der Waals surface area contributed by atoms with Gasteiger partial charge in [-0.3, -0.25) is 4.98 Å². The first-order valence-electron chi connectivity index (χ1n) is 10.5. The monoisotopic (exact) mass is 442 g/mol. The highest BCUT2D eigenvalue weighted by atomic mass is 16.6. The Kier molecular flexibility index (Phi) is 9.19. The number of aliphatic imine (C=N–C) groups is 1. The van der Waals surface area contributed by atoms with Gasteiger partial charge in [0.2, 0.25) is 5.90 Å². The zero-order valence-electron chi connectivity index (χ0n) is 19.5. The van der Waals surface area contributed by atoms with E-state index in [2.05, 4.69) is 30.4 Å². The van der Waals surface area contributed by atoms with Crippen LogP contribution in [0.3, 0.4) is 0 Å². The van der Waals surface area contributed by atoms with Crippen LogP contribution in [0.2, 0.25) is 0 Å². The number of nitrogens with two attached hydrogens (primary N) is 2. The lowest BCUT2D eigenvalue weighted by molar-refractivity contribution is 0.112. The van der Waals surface area contributed by atoms with E-state index in [1.165, 1.54) is 0 Å². The summed E-state index contributed by atoms with van der Waals surface area (Å²) in [5, 5.41) is 9.69. The van der Waals surface area contributed by atoms with Gasteiger partial charge in [0.05, 0.1) is 12.8 Å². The highest BCUT2D eigenvalue weighted by molar-refractivity contribution is 5.97. The van der Waals surface area contributed by atoms with E-state index >= 15 is 0 Å². The maximum absolute atomic E-state index is 9.69. The predicted octanol–water partition coefficient (Wildman–Crippen LogP) is 2.91. The van der Waals surface area contributed by atoms with Crippen LogP contribution in [0.1, 0.15) is 41.9 Å². The average molecular weight is 443 g/mol. The predicted molar refractivity (Wildman–Crippen MR) is 127 cm³/mol. The van der Waals surface area contributed by atoms with Gasteiger partial charge in [-0.15, -0.1) is 0 Å². The molecule has 174 valence electrons. The number of benzene rings is 1. The molecule has 0 fully saturated rings. The van der Waals surface area contributed by atoms with E-state index in [1.807, 2.05) is 32.0 Å². The van der Waals surface area contributed by atoms with Crippen LogP contribution in [0.15, 0.2) is 35.8 Å². The molecule has 2 rings (SSSR count). The molecule has 0 aliphatic heterocycles. The van der Waals surface area contributed by atoms with Gasteiger partial charge < -0.3 is 25.2 Å². The molecular weight excluding hydrogens is 408 g/mol. The van der Waals surface area contributed by atoms with Crippen LogP contribution in [0.4, 0.5) is 0 Å². The van der Waals surface area contributed by atoms with Crippen molar-refractivity contribution < 1.29 is 19.4 Å². The molecule has 5 N–H and O–H groups in total. The molecule has 0 aliphatic rings. The number of hydrogen-bond acceptors (Lipinski definition) is 8. The van der Waals surface area contributed by atoms with Gasteiger partial charge in [-0.1, -0.05) is 20.4 Å². The molecule has 8 heteroatoms. The number of methoxy groups -OCH3 is 1. The first kappa shape index (κ1) is 25.3. The lowest BCUT2D eigenvalue weighted by Crippen LogP contribution is -2.26. The summed E-state index contributed by atoms with van der Waals surface area (Å²) in [6.45, 7) is 12.3. The number of ether oxygens (including phenoxy) is 2. The first-order valence-corrected chi connectivity index (χ1v) is 10.5. The molecule has 1 atom stereocenters. The Morgan fingerprint density at radius 2 is 1.91 bits per heavy atom. The number of hydrogen-bond donors (Lipinski definition) is 3. The van der Waals surface area contributed by atoms with Gasteiger partial charge in [0.1, 0.15) is 12.7 Å². The molecule has 0 saturated carbocycles. The molecule has 32 heavy (non-hydrogen) atoms. The third-order valence-corrected chi connectivity index (χ3v) is 4.70.